The fraction of sp³-hybridized carbons (Fsp3) is 0.706. The van der Waals surface area contributed by atoms with Gasteiger partial charge in [-0.1, -0.05) is 0 Å². The monoisotopic (exact) mass is 350 g/mol. The molecule has 1 N–H and O–H groups in total. The van der Waals surface area contributed by atoms with Gasteiger partial charge in [0.05, 0.1) is 0 Å². The van der Waals surface area contributed by atoms with Gasteiger partial charge >= 0.3 is 5.69 Å². The van der Waals surface area contributed by atoms with Crippen LogP contribution in [0.4, 0.5) is 0 Å². The molecule has 2 atom stereocenters. The summed E-state index contributed by atoms with van der Waals surface area (Å²) < 4.78 is 10.4. The lowest BCUT2D eigenvalue weighted by atomic mass is 10.2. The van der Waals surface area contributed by atoms with Crippen LogP contribution in [0.25, 0.3) is 11.2 Å². The lowest BCUT2D eigenvalue weighted by molar-refractivity contribution is -0.929. The average Bonchev–Trinajstić information content (AvgIpc) is 2.89. The van der Waals surface area contributed by atoms with Gasteiger partial charge in [-0.2, -0.15) is 0 Å². The minimum absolute atomic E-state index is 0.0838. The number of nitrogens with zero attached hydrogens (tertiary/aromatic N) is 4. The Labute approximate surface area is 146 Å². The van der Waals surface area contributed by atoms with Gasteiger partial charge in [0.2, 0.25) is 0 Å². The largest absolute Gasteiger partial charge is 0.364 e. The Hall–Kier alpha value is -1.93. The van der Waals surface area contributed by atoms with Gasteiger partial charge in [0, 0.05) is 20.1 Å². The summed E-state index contributed by atoms with van der Waals surface area (Å²) in [6, 6.07) is 0.0838. The highest BCUT2D eigenvalue weighted by Crippen LogP contribution is 2.17. The molecule has 1 saturated heterocycles. The Morgan fingerprint density at radius 1 is 1.16 bits per heavy atom. The molecular weight excluding hydrogens is 322 g/mol. The van der Waals surface area contributed by atoms with Gasteiger partial charge < -0.3 is 14.2 Å². The first-order valence-corrected chi connectivity index (χ1v) is 8.86. The Balaban J connectivity index is 2.14. The molecule has 0 aromatic carbocycles. The average molecular weight is 350 g/mol. The van der Waals surface area contributed by atoms with Crippen molar-refractivity contribution >= 4 is 11.2 Å². The number of rotatable bonds is 3. The van der Waals surface area contributed by atoms with Crippen molar-refractivity contribution in [3.8, 4) is 0 Å². The van der Waals surface area contributed by atoms with Crippen molar-refractivity contribution in [2.75, 3.05) is 13.1 Å². The molecule has 0 bridgehead atoms. The molecule has 0 amide bonds. The topological polar surface area (TPSA) is 75.5 Å². The van der Waals surface area contributed by atoms with Crippen LogP contribution in [0.2, 0.25) is 0 Å². The second kappa shape index (κ2) is 6.42. The van der Waals surface area contributed by atoms with Crippen LogP contribution in [0.15, 0.2) is 9.59 Å². The number of ether oxygens (including phenoxy) is 1. The molecule has 2 aromatic heterocycles. The van der Waals surface area contributed by atoms with Crippen molar-refractivity contribution in [3.63, 3.8) is 0 Å². The summed E-state index contributed by atoms with van der Waals surface area (Å²) in [6.45, 7) is 10.8. The Morgan fingerprint density at radius 2 is 1.76 bits per heavy atom. The van der Waals surface area contributed by atoms with Crippen molar-refractivity contribution in [3.05, 3.63) is 26.7 Å². The van der Waals surface area contributed by atoms with E-state index in [2.05, 4.69) is 13.8 Å². The van der Waals surface area contributed by atoms with Crippen molar-refractivity contribution < 1.29 is 9.64 Å². The lowest BCUT2D eigenvalue weighted by Gasteiger charge is -2.32. The van der Waals surface area contributed by atoms with Crippen LogP contribution in [0.1, 0.15) is 39.6 Å². The van der Waals surface area contributed by atoms with Gasteiger partial charge in [-0.05, 0) is 27.7 Å². The lowest BCUT2D eigenvalue weighted by Crippen LogP contribution is -3.14. The van der Waals surface area contributed by atoms with Crippen molar-refractivity contribution in [1.29, 1.82) is 0 Å². The first kappa shape index (κ1) is 17.9. The number of hydrogen-bond acceptors (Lipinski definition) is 4. The number of morpholine rings is 1. The molecule has 0 unspecified atom stereocenters. The summed E-state index contributed by atoms with van der Waals surface area (Å²) in [5.41, 5.74) is 0.330. The number of hydrogen-bond donors (Lipinski definition) is 1. The van der Waals surface area contributed by atoms with Crippen LogP contribution in [0, 0.1) is 0 Å². The van der Waals surface area contributed by atoms with E-state index in [9.17, 15) is 9.59 Å². The fourth-order valence-corrected chi connectivity index (χ4v) is 3.90. The molecule has 138 valence electrons. The minimum Gasteiger partial charge on any atom is -0.364 e. The van der Waals surface area contributed by atoms with Crippen LogP contribution in [-0.4, -0.2) is 44.0 Å². The number of nitrogens with one attached hydrogen (secondary N) is 1. The Bertz CT molecular complexity index is 898. The van der Waals surface area contributed by atoms with E-state index in [-0.39, 0.29) is 29.5 Å². The number of fused-ring (bicyclic) bond motifs is 1. The molecule has 0 saturated carbocycles. The predicted molar refractivity (Wildman–Crippen MR) is 95.0 cm³/mol. The van der Waals surface area contributed by atoms with E-state index >= 15 is 0 Å². The Kier molecular flexibility index (Phi) is 4.59. The van der Waals surface area contributed by atoms with Crippen molar-refractivity contribution in [2.45, 2.75) is 52.5 Å². The molecule has 3 rings (SSSR count). The summed E-state index contributed by atoms with van der Waals surface area (Å²) in [6.07, 6.45) is 0.403. The van der Waals surface area contributed by atoms with Gasteiger partial charge in [-0.15, -0.1) is 0 Å². The molecule has 2 aromatic rings. The van der Waals surface area contributed by atoms with Gasteiger partial charge in [0.15, 0.2) is 17.0 Å². The number of quaternary nitrogens is 1. The maximum Gasteiger partial charge on any atom is 0.332 e. The number of aryl methyl sites for hydroxylation is 1. The van der Waals surface area contributed by atoms with Crippen LogP contribution < -0.4 is 16.1 Å². The van der Waals surface area contributed by atoms with E-state index in [1.807, 2.05) is 18.4 Å². The van der Waals surface area contributed by atoms with Gasteiger partial charge in [0.1, 0.15) is 31.8 Å². The van der Waals surface area contributed by atoms with E-state index in [4.69, 9.17) is 9.72 Å². The van der Waals surface area contributed by atoms with E-state index in [0.29, 0.717) is 17.7 Å². The summed E-state index contributed by atoms with van der Waals surface area (Å²) in [4.78, 5) is 31.0. The maximum absolute atomic E-state index is 12.7. The zero-order valence-electron chi connectivity index (χ0n) is 15.9. The second-order valence-electron chi connectivity index (χ2n) is 7.46. The molecule has 8 nitrogen and oxygen atoms in total. The number of aromatic nitrogens is 4. The molecule has 1 aliphatic rings. The van der Waals surface area contributed by atoms with E-state index in [1.165, 1.54) is 16.5 Å². The normalized spacial score (nSPS) is 24.4. The quantitative estimate of drug-likeness (QED) is 0.787. The third-order valence-electron chi connectivity index (χ3n) is 4.91. The number of imidazole rings is 1. The predicted octanol–water partition coefficient (Wildman–Crippen LogP) is -0.793. The van der Waals surface area contributed by atoms with Crippen molar-refractivity contribution in [1.82, 2.24) is 18.7 Å². The molecule has 1 fully saturated rings. The van der Waals surface area contributed by atoms with Crippen molar-refractivity contribution in [2.24, 2.45) is 14.1 Å². The first-order valence-electron chi connectivity index (χ1n) is 8.86. The highest BCUT2D eigenvalue weighted by molar-refractivity contribution is 5.71. The summed E-state index contributed by atoms with van der Waals surface area (Å²) in [5.74, 6) is 0.847. The zero-order valence-corrected chi connectivity index (χ0v) is 15.9. The van der Waals surface area contributed by atoms with Gasteiger partial charge in [0.25, 0.3) is 5.56 Å². The van der Waals surface area contributed by atoms with Gasteiger partial charge in [-0.3, -0.25) is 13.9 Å². The van der Waals surface area contributed by atoms with Crippen LogP contribution in [0.5, 0.6) is 0 Å². The van der Waals surface area contributed by atoms with Crippen LogP contribution in [0.3, 0.4) is 0 Å². The van der Waals surface area contributed by atoms with Gasteiger partial charge in [-0.25, -0.2) is 9.78 Å². The molecule has 0 radical (unpaired) electrons. The molecule has 1 aliphatic heterocycles. The molecular formula is C17H28N5O3+. The maximum atomic E-state index is 12.7. The SMILES string of the molecule is CC(C)n1c(C[NH+]2C[C@@H](C)O[C@H](C)C2)nc2c1c(=O)n(C)c(=O)n2C. The smallest absolute Gasteiger partial charge is 0.332 e. The standard InChI is InChI=1S/C17H27N5O3/c1-10(2)22-13(9-21-7-11(3)25-12(4)8-21)18-15-14(22)16(23)20(6)17(24)19(15)5/h10-12H,7-9H2,1-6H3/p+1/t11-,12-/m1/s1. The fourth-order valence-electron chi connectivity index (χ4n) is 3.90. The van der Waals surface area contributed by atoms with E-state index < -0.39 is 0 Å². The summed E-state index contributed by atoms with van der Waals surface area (Å²) in [7, 11) is 3.18. The second-order valence-corrected chi connectivity index (χ2v) is 7.46. The highest BCUT2D eigenvalue weighted by Gasteiger charge is 2.29. The Morgan fingerprint density at radius 3 is 2.32 bits per heavy atom. The van der Waals surface area contributed by atoms with E-state index in [1.54, 1.807) is 7.05 Å². The molecule has 0 spiro atoms. The third-order valence-corrected chi connectivity index (χ3v) is 4.91. The first-order chi connectivity index (χ1) is 11.7. The zero-order chi connectivity index (χ0) is 18.5. The van der Waals surface area contributed by atoms with E-state index in [0.717, 1.165) is 23.5 Å². The third kappa shape index (κ3) is 3.04. The molecule has 25 heavy (non-hydrogen) atoms. The van der Waals surface area contributed by atoms with Crippen LogP contribution in [-0.2, 0) is 25.4 Å². The molecule has 8 heteroatoms. The minimum atomic E-state index is -0.349. The summed E-state index contributed by atoms with van der Waals surface area (Å²) >= 11 is 0. The van der Waals surface area contributed by atoms with Crippen LogP contribution >= 0.6 is 0 Å². The summed E-state index contributed by atoms with van der Waals surface area (Å²) in [5, 5.41) is 0. The highest BCUT2D eigenvalue weighted by atomic mass is 16.5. The molecule has 0 aliphatic carbocycles. The molecule has 3 heterocycles.